The second-order valence-electron chi connectivity index (χ2n) is 7.24. The fourth-order valence-electron chi connectivity index (χ4n) is 3.08. The van der Waals surface area contributed by atoms with Gasteiger partial charge < -0.3 is 15.0 Å². The second-order valence-corrected chi connectivity index (χ2v) is 8.31. The highest BCUT2D eigenvalue weighted by Gasteiger charge is 2.13. The predicted molar refractivity (Wildman–Crippen MR) is 118 cm³/mol. The van der Waals surface area contributed by atoms with Crippen LogP contribution < -0.4 is 10.1 Å². The molecule has 148 valence electrons. The maximum absolute atomic E-state index is 12.5. The molecule has 2 aromatic heterocycles. The third-order valence-electron chi connectivity index (χ3n) is 4.68. The summed E-state index contributed by atoms with van der Waals surface area (Å²) < 4.78 is 5.93. The molecular weight excluding hydrogens is 382 g/mol. The van der Waals surface area contributed by atoms with Crippen LogP contribution >= 0.6 is 11.3 Å². The summed E-state index contributed by atoms with van der Waals surface area (Å²) in [6.45, 7) is 4.74. The van der Waals surface area contributed by atoms with E-state index in [1.165, 1.54) is 11.3 Å². The number of hydrogen-bond donors (Lipinski definition) is 2. The van der Waals surface area contributed by atoms with Crippen LogP contribution in [0.4, 0.5) is 5.13 Å². The first kappa shape index (κ1) is 19.2. The summed E-state index contributed by atoms with van der Waals surface area (Å²) in [4.78, 5) is 21.2. The van der Waals surface area contributed by atoms with Gasteiger partial charge >= 0.3 is 0 Å². The lowest BCUT2D eigenvalue weighted by atomic mass is 10.1. The van der Waals surface area contributed by atoms with Crippen molar-refractivity contribution in [3.8, 4) is 5.75 Å². The Labute approximate surface area is 173 Å². The molecule has 2 aromatic carbocycles. The summed E-state index contributed by atoms with van der Waals surface area (Å²) in [6.07, 6.45) is 3.98. The Bertz CT molecular complexity index is 1120. The zero-order chi connectivity index (χ0) is 20.2. The van der Waals surface area contributed by atoms with Gasteiger partial charge in [-0.05, 0) is 35.2 Å². The largest absolute Gasteiger partial charge is 0.489 e. The number of aromatic nitrogens is 2. The van der Waals surface area contributed by atoms with Crippen LogP contribution in [0.5, 0.6) is 5.75 Å². The van der Waals surface area contributed by atoms with Crippen molar-refractivity contribution in [3.63, 3.8) is 0 Å². The summed E-state index contributed by atoms with van der Waals surface area (Å²) in [6, 6.07) is 16.0. The van der Waals surface area contributed by atoms with Crippen molar-refractivity contribution in [1.82, 2.24) is 9.97 Å². The molecule has 0 aliphatic carbocycles. The Morgan fingerprint density at radius 3 is 2.79 bits per heavy atom. The lowest BCUT2D eigenvalue weighted by molar-refractivity contribution is -0.115. The van der Waals surface area contributed by atoms with Gasteiger partial charge in [0.2, 0.25) is 5.91 Å². The molecule has 0 atom stereocenters. The lowest BCUT2D eigenvalue weighted by Crippen LogP contribution is -2.13. The van der Waals surface area contributed by atoms with Gasteiger partial charge in [0.05, 0.1) is 6.42 Å². The molecule has 0 spiro atoms. The highest BCUT2D eigenvalue weighted by molar-refractivity contribution is 7.15. The van der Waals surface area contributed by atoms with Crippen molar-refractivity contribution >= 4 is 33.3 Å². The van der Waals surface area contributed by atoms with E-state index < -0.39 is 0 Å². The van der Waals surface area contributed by atoms with Crippen molar-refractivity contribution in [1.29, 1.82) is 0 Å². The molecule has 0 aliphatic rings. The number of thiazole rings is 1. The number of H-pyrrole nitrogens is 1. The molecule has 0 aliphatic heterocycles. The number of nitrogens with zero attached hydrogens (tertiary/aromatic N) is 1. The SMILES string of the molecule is CC(C)c1cnc(NC(=O)Cc2c[nH]c3ccc(OCc4ccccc4)cc23)s1. The maximum atomic E-state index is 12.5. The molecule has 29 heavy (non-hydrogen) atoms. The van der Waals surface area contributed by atoms with E-state index in [1.54, 1.807) is 0 Å². The van der Waals surface area contributed by atoms with E-state index in [0.717, 1.165) is 32.7 Å². The van der Waals surface area contributed by atoms with Gasteiger partial charge in [0, 0.05) is 28.2 Å². The van der Waals surface area contributed by atoms with E-state index in [-0.39, 0.29) is 12.3 Å². The van der Waals surface area contributed by atoms with E-state index >= 15 is 0 Å². The van der Waals surface area contributed by atoms with Crippen molar-refractivity contribution in [2.24, 2.45) is 0 Å². The normalized spacial score (nSPS) is 11.1. The highest BCUT2D eigenvalue weighted by atomic mass is 32.1. The molecule has 0 bridgehead atoms. The van der Waals surface area contributed by atoms with Crippen molar-refractivity contribution in [2.45, 2.75) is 32.8 Å². The minimum Gasteiger partial charge on any atom is -0.489 e. The topological polar surface area (TPSA) is 67.0 Å². The van der Waals surface area contributed by atoms with E-state index in [4.69, 9.17) is 4.74 Å². The first-order valence-corrected chi connectivity index (χ1v) is 10.4. The lowest BCUT2D eigenvalue weighted by Gasteiger charge is -2.07. The molecule has 4 aromatic rings. The molecule has 1 amide bonds. The Hall–Kier alpha value is -3.12. The van der Waals surface area contributed by atoms with Crippen molar-refractivity contribution in [3.05, 3.63) is 76.9 Å². The van der Waals surface area contributed by atoms with Crippen LogP contribution in [0.1, 0.15) is 35.8 Å². The smallest absolute Gasteiger partial charge is 0.230 e. The number of anilines is 1. The number of fused-ring (bicyclic) bond motifs is 1. The first-order valence-electron chi connectivity index (χ1n) is 9.61. The van der Waals surface area contributed by atoms with Crippen LogP contribution in [-0.4, -0.2) is 15.9 Å². The van der Waals surface area contributed by atoms with Crippen LogP contribution in [0.15, 0.2) is 60.9 Å². The molecule has 0 fully saturated rings. The fourth-order valence-corrected chi connectivity index (χ4v) is 3.92. The summed E-state index contributed by atoms with van der Waals surface area (Å²) in [5.74, 6) is 1.11. The maximum Gasteiger partial charge on any atom is 0.230 e. The molecular formula is C23H23N3O2S. The molecule has 5 nitrogen and oxygen atoms in total. The molecule has 2 N–H and O–H groups in total. The molecule has 6 heteroatoms. The fraction of sp³-hybridized carbons (Fsp3) is 0.217. The van der Waals surface area contributed by atoms with Gasteiger partial charge in [0.1, 0.15) is 12.4 Å². The average Bonchev–Trinajstić information content (AvgIpc) is 3.34. The average molecular weight is 406 g/mol. The zero-order valence-corrected chi connectivity index (χ0v) is 17.3. The first-order chi connectivity index (χ1) is 14.1. The molecule has 0 radical (unpaired) electrons. The number of carbonyl (C=O) groups is 1. The number of nitrogens with one attached hydrogen (secondary N) is 2. The predicted octanol–water partition coefficient (Wildman–Crippen LogP) is 5.51. The standard InChI is InChI=1S/C23H23N3O2S/c1-15(2)21-13-25-23(29-21)26-22(27)10-17-12-24-20-9-8-18(11-19(17)20)28-14-16-6-4-3-5-7-16/h3-9,11-13,15,24H,10,14H2,1-2H3,(H,25,26,27). The second kappa shape index (κ2) is 8.49. The Kier molecular flexibility index (Phi) is 5.62. The Morgan fingerprint density at radius 2 is 2.03 bits per heavy atom. The minimum absolute atomic E-state index is 0.0776. The van der Waals surface area contributed by atoms with Gasteiger partial charge in [-0.1, -0.05) is 44.2 Å². The number of benzene rings is 2. The Morgan fingerprint density at radius 1 is 1.21 bits per heavy atom. The molecule has 0 saturated heterocycles. The molecule has 2 heterocycles. The third kappa shape index (κ3) is 4.66. The number of rotatable bonds is 7. The number of ether oxygens (including phenoxy) is 1. The highest BCUT2D eigenvalue weighted by Crippen LogP contribution is 2.27. The van der Waals surface area contributed by atoms with Gasteiger partial charge in [0.15, 0.2) is 5.13 Å². The van der Waals surface area contributed by atoms with Crippen LogP contribution in [0.2, 0.25) is 0 Å². The van der Waals surface area contributed by atoms with Crippen LogP contribution in [0, 0.1) is 0 Å². The molecule has 0 saturated carbocycles. The number of amides is 1. The number of carbonyl (C=O) groups excluding carboxylic acids is 1. The van der Waals surface area contributed by atoms with E-state index in [2.05, 4.69) is 29.1 Å². The van der Waals surface area contributed by atoms with Crippen LogP contribution in [-0.2, 0) is 17.8 Å². The van der Waals surface area contributed by atoms with Crippen molar-refractivity contribution < 1.29 is 9.53 Å². The Balaban J connectivity index is 1.44. The van der Waals surface area contributed by atoms with Crippen molar-refractivity contribution in [2.75, 3.05) is 5.32 Å². The monoisotopic (exact) mass is 405 g/mol. The third-order valence-corrected chi connectivity index (χ3v) is 5.89. The number of aromatic amines is 1. The van der Waals surface area contributed by atoms with Gasteiger partial charge in [-0.15, -0.1) is 11.3 Å². The summed E-state index contributed by atoms with van der Waals surface area (Å²) >= 11 is 1.52. The summed E-state index contributed by atoms with van der Waals surface area (Å²) in [5, 5.41) is 4.54. The van der Waals surface area contributed by atoms with E-state index in [1.807, 2.05) is 60.9 Å². The molecule has 0 unspecified atom stereocenters. The zero-order valence-electron chi connectivity index (χ0n) is 16.4. The van der Waals surface area contributed by atoms with Gasteiger partial charge in [-0.2, -0.15) is 0 Å². The van der Waals surface area contributed by atoms with Gasteiger partial charge in [-0.3, -0.25) is 4.79 Å². The minimum atomic E-state index is -0.0776. The van der Waals surface area contributed by atoms with E-state index in [9.17, 15) is 4.79 Å². The van der Waals surface area contributed by atoms with Crippen LogP contribution in [0.25, 0.3) is 10.9 Å². The molecule has 4 rings (SSSR count). The van der Waals surface area contributed by atoms with Gasteiger partial charge in [-0.25, -0.2) is 4.98 Å². The quantitative estimate of drug-likeness (QED) is 0.426. The number of hydrogen-bond acceptors (Lipinski definition) is 4. The summed E-state index contributed by atoms with van der Waals surface area (Å²) in [5.41, 5.74) is 3.03. The van der Waals surface area contributed by atoms with E-state index in [0.29, 0.717) is 17.7 Å². The van der Waals surface area contributed by atoms with Gasteiger partial charge in [0.25, 0.3) is 0 Å². The summed E-state index contributed by atoms with van der Waals surface area (Å²) in [7, 11) is 0. The van der Waals surface area contributed by atoms with Crippen LogP contribution in [0.3, 0.4) is 0 Å².